The normalized spacial score (nSPS) is 10.9. The van der Waals surface area contributed by atoms with Gasteiger partial charge in [-0.3, -0.25) is 4.79 Å². The van der Waals surface area contributed by atoms with Gasteiger partial charge in [-0.2, -0.15) is 5.26 Å². The lowest BCUT2D eigenvalue weighted by molar-refractivity contribution is -0.112. The van der Waals surface area contributed by atoms with Crippen molar-refractivity contribution in [3.05, 3.63) is 64.6 Å². The molecule has 0 unspecified atom stereocenters. The first-order valence-electron chi connectivity index (χ1n) is 8.00. The van der Waals surface area contributed by atoms with Crippen molar-refractivity contribution in [2.75, 3.05) is 10.6 Å². The van der Waals surface area contributed by atoms with Crippen molar-refractivity contribution in [3.8, 4) is 6.07 Å². The molecule has 0 saturated heterocycles. The molecule has 0 aliphatic rings. The highest BCUT2D eigenvalue weighted by atomic mass is 35.5. The fourth-order valence-electron chi connectivity index (χ4n) is 2.38. The van der Waals surface area contributed by atoms with Crippen LogP contribution < -0.4 is 10.6 Å². The third-order valence-corrected chi connectivity index (χ3v) is 4.03. The molecule has 0 fully saturated rings. The molecule has 1 aromatic carbocycles. The van der Waals surface area contributed by atoms with Gasteiger partial charge in [-0.05, 0) is 36.1 Å². The van der Waals surface area contributed by atoms with E-state index >= 15 is 0 Å². The highest BCUT2D eigenvalue weighted by Crippen LogP contribution is 2.23. The minimum atomic E-state index is -0.467. The summed E-state index contributed by atoms with van der Waals surface area (Å²) < 4.78 is 0. The lowest BCUT2D eigenvalue weighted by Gasteiger charge is -2.14. The van der Waals surface area contributed by atoms with Crippen molar-refractivity contribution < 1.29 is 4.79 Å². The summed E-state index contributed by atoms with van der Waals surface area (Å²) in [7, 11) is 0. The molecule has 5 nitrogen and oxygen atoms in total. The Morgan fingerprint density at radius 1 is 1.24 bits per heavy atom. The Morgan fingerprint density at radius 2 is 1.92 bits per heavy atom. The average molecular weight is 355 g/mol. The quantitative estimate of drug-likeness (QED) is 0.460. The number of amides is 1. The summed E-state index contributed by atoms with van der Waals surface area (Å²) in [5.41, 5.74) is 3.32. The number of para-hydroxylation sites is 1. The molecule has 0 spiro atoms. The van der Waals surface area contributed by atoms with Crippen LogP contribution in [0.15, 0.2) is 48.3 Å². The van der Waals surface area contributed by atoms with E-state index in [-0.39, 0.29) is 10.7 Å². The van der Waals surface area contributed by atoms with E-state index in [2.05, 4.69) is 15.6 Å². The molecule has 0 radical (unpaired) electrons. The van der Waals surface area contributed by atoms with E-state index in [4.69, 9.17) is 11.6 Å². The number of halogens is 1. The molecule has 6 heteroatoms. The molecule has 2 rings (SSSR count). The van der Waals surface area contributed by atoms with Gasteiger partial charge in [0, 0.05) is 18.1 Å². The van der Waals surface area contributed by atoms with Gasteiger partial charge >= 0.3 is 0 Å². The molecule has 1 heterocycles. The van der Waals surface area contributed by atoms with E-state index < -0.39 is 5.91 Å². The SMILES string of the molecule is CCc1cccc(CC)c1NC(=O)/C(C#N)=C\Nc1cccnc1Cl. The largest absolute Gasteiger partial charge is 0.358 e. The van der Waals surface area contributed by atoms with Crippen molar-refractivity contribution in [2.24, 2.45) is 0 Å². The van der Waals surface area contributed by atoms with E-state index in [9.17, 15) is 10.1 Å². The van der Waals surface area contributed by atoms with Crippen LogP contribution in [-0.2, 0) is 17.6 Å². The number of nitrogens with one attached hydrogen (secondary N) is 2. The second kappa shape index (κ2) is 8.86. The van der Waals surface area contributed by atoms with E-state index in [1.807, 2.05) is 38.1 Å². The number of aromatic nitrogens is 1. The number of hydrogen-bond donors (Lipinski definition) is 2. The maximum atomic E-state index is 12.5. The molecule has 1 aromatic heterocycles. The van der Waals surface area contributed by atoms with Crippen LogP contribution in [0, 0.1) is 11.3 Å². The Morgan fingerprint density at radius 3 is 2.48 bits per heavy atom. The van der Waals surface area contributed by atoms with E-state index in [1.54, 1.807) is 18.3 Å². The number of carbonyl (C=O) groups is 1. The number of nitrogens with zero attached hydrogens (tertiary/aromatic N) is 2. The van der Waals surface area contributed by atoms with Crippen LogP contribution in [0.3, 0.4) is 0 Å². The Kier molecular flexibility index (Phi) is 6.55. The maximum absolute atomic E-state index is 12.5. The lowest BCUT2D eigenvalue weighted by Crippen LogP contribution is -2.17. The molecule has 25 heavy (non-hydrogen) atoms. The summed E-state index contributed by atoms with van der Waals surface area (Å²) in [5.74, 6) is -0.467. The number of hydrogen-bond acceptors (Lipinski definition) is 4. The maximum Gasteiger partial charge on any atom is 0.267 e. The minimum absolute atomic E-state index is 0.0483. The summed E-state index contributed by atoms with van der Waals surface area (Å²) in [5, 5.41) is 15.3. The Bertz CT molecular complexity index is 817. The zero-order valence-electron chi connectivity index (χ0n) is 14.1. The highest BCUT2D eigenvalue weighted by molar-refractivity contribution is 6.32. The Balaban J connectivity index is 2.23. The topological polar surface area (TPSA) is 77.8 Å². The zero-order chi connectivity index (χ0) is 18.2. The van der Waals surface area contributed by atoms with Gasteiger partial charge in [0.05, 0.1) is 5.69 Å². The number of benzene rings is 1. The predicted molar refractivity (Wildman–Crippen MR) is 100 cm³/mol. The van der Waals surface area contributed by atoms with Crippen molar-refractivity contribution in [2.45, 2.75) is 26.7 Å². The standard InChI is InChI=1S/C19H19ClN4O/c1-3-13-7-5-8-14(4-2)17(13)24-19(25)15(11-21)12-23-16-9-6-10-22-18(16)20/h5-10,12,23H,3-4H2,1-2H3,(H,24,25)/b15-12-. The number of carbonyl (C=O) groups excluding carboxylic acids is 1. The highest BCUT2D eigenvalue weighted by Gasteiger charge is 2.14. The van der Waals surface area contributed by atoms with Gasteiger partial charge in [-0.15, -0.1) is 0 Å². The van der Waals surface area contributed by atoms with Crippen molar-refractivity contribution in [1.29, 1.82) is 5.26 Å². The molecule has 2 N–H and O–H groups in total. The summed E-state index contributed by atoms with van der Waals surface area (Å²) in [6.45, 7) is 4.05. The minimum Gasteiger partial charge on any atom is -0.358 e. The zero-order valence-corrected chi connectivity index (χ0v) is 14.9. The first-order chi connectivity index (χ1) is 12.1. The molecule has 0 atom stereocenters. The van der Waals surface area contributed by atoms with Crippen LogP contribution in [0.25, 0.3) is 0 Å². The first kappa shape index (κ1) is 18.5. The van der Waals surface area contributed by atoms with Crippen LogP contribution in [0.2, 0.25) is 5.15 Å². The molecule has 128 valence electrons. The van der Waals surface area contributed by atoms with Crippen LogP contribution >= 0.6 is 11.6 Å². The van der Waals surface area contributed by atoms with Crippen molar-refractivity contribution >= 4 is 28.9 Å². The number of anilines is 2. The third-order valence-electron chi connectivity index (χ3n) is 3.73. The second-order valence-corrected chi connectivity index (χ2v) is 5.63. The van der Waals surface area contributed by atoms with Crippen LogP contribution in [0.4, 0.5) is 11.4 Å². The molecule has 0 bridgehead atoms. The van der Waals surface area contributed by atoms with Gasteiger partial charge in [0.2, 0.25) is 0 Å². The van der Waals surface area contributed by atoms with Crippen molar-refractivity contribution in [1.82, 2.24) is 4.98 Å². The summed E-state index contributed by atoms with van der Waals surface area (Å²) >= 11 is 5.95. The van der Waals surface area contributed by atoms with Gasteiger partial charge < -0.3 is 10.6 Å². The van der Waals surface area contributed by atoms with Gasteiger partial charge in [0.1, 0.15) is 11.6 Å². The Labute approximate surface area is 152 Å². The Hall–Kier alpha value is -2.84. The smallest absolute Gasteiger partial charge is 0.267 e. The molecular formula is C19H19ClN4O. The molecule has 0 saturated carbocycles. The van der Waals surface area contributed by atoms with E-state index in [0.29, 0.717) is 5.69 Å². The van der Waals surface area contributed by atoms with Gasteiger partial charge in [-0.25, -0.2) is 4.98 Å². The molecule has 1 amide bonds. The van der Waals surface area contributed by atoms with E-state index in [1.165, 1.54) is 6.20 Å². The van der Waals surface area contributed by atoms with Crippen molar-refractivity contribution in [3.63, 3.8) is 0 Å². The van der Waals surface area contributed by atoms with Gasteiger partial charge in [0.25, 0.3) is 5.91 Å². The van der Waals surface area contributed by atoms with Gasteiger partial charge in [-0.1, -0.05) is 43.6 Å². The predicted octanol–water partition coefficient (Wildman–Crippen LogP) is 4.32. The van der Waals surface area contributed by atoms with E-state index in [0.717, 1.165) is 29.7 Å². The molecule has 0 aliphatic carbocycles. The average Bonchev–Trinajstić information content (AvgIpc) is 2.63. The van der Waals surface area contributed by atoms with Gasteiger partial charge in [0.15, 0.2) is 5.15 Å². The number of aryl methyl sites for hydroxylation is 2. The summed E-state index contributed by atoms with van der Waals surface area (Å²) in [6.07, 6.45) is 4.47. The fourth-order valence-corrected chi connectivity index (χ4v) is 2.55. The van der Waals surface area contributed by atoms with Crippen LogP contribution in [-0.4, -0.2) is 10.9 Å². The monoisotopic (exact) mass is 354 g/mol. The molecule has 2 aromatic rings. The molecular weight excluding hydrogens is 336 g/mol. The first-order valence-corrected chi connectivity index (χ1v) is 8.37. The third kappa shape index (κ3) is 4.59. The van der Waals surface area contributed by atoms with Crippen LogP contribution in [0.1, 0.15) is 25.0 Å². The second-order valence-electron chi connectivity index (χ2n) is 5.27. The summed E-state index contributed by atoms with van der Waals surface area (Å²) in [6, 6.07) is 11.2. The van der Waals surface area contributed by atoms with Crippen LogP contribution in [0.5, 0.6) is 0 Å². The lowest BCUT2D eigenvalue weighted by atomic mass is 10.0. The fraction of sp³-hybridized carbons (Fsp3) is 0.211. The molecule has 0 aliphatic heterocycles. The number of nitriles is 1. The number of rotatable bonds is 6. The number of pyridine rings is 1. The summed E-state index contributed by atoms with van der Waals surface area (Å²) in [4.78, 5) is 16.4.